The van der Waals surface area contributed by atoms with E-state index >= 15 is 0 Å². The fraction of sp³-hybridized carbons (Fsp3) is 0.333. The minimum Gasteiger partial charge on any atom is -0.496 e. The van der Waals surface area contributed by atoms with Crippen molar-refractivity contribution in [2.24, 2.45) is 0 Å². The Morgan fingerprint density at radius 3 is 2.86 bits per heavy atom. The van der Waals surface area contributed by atoms with Crippen LogP contribution in [0.4, 0.5) is 0 Å². The Kier molecular flexibility index (Phi) is 4.35. The van der Waals surface area contributed by atoms with Crippen molar-refractivity contribution in [2.45, 2.75) is 19.8 Å². The molecule has 1 aromatic rings. The van der Waals surface area contributed by atoms with Crippen LogP contribution in [0, 0.1) is 11.8 Å². The number of hydrogen-bond donors (Lipinski definition) is 0. The maximum Gasteiger partial charge on any atom is 0.122 e. The van der Waals surface area contributed by atoms with Crippen LogP contribution < -0.4 is 4.74 Å². The molecule has 0 aromatic heterocycles. The van der Waals surface area contributed by atoms with E-state index in [0.717, 1.165) is 29.2 Å². The summed E-state index contributed by atoms with van der Waals surface area (Å²) in [5.74, 6) is 6.77. The molecule has 0 aliphatic heterocycles. The minimum absolute atomic E-state index is 0.741. The summed E-state index contributed by atoms with van der Waals surface area (Å²) in [4.78, 5) is 0. The van der Waals surface area contributed by atoms with Crippen molar-refractivity contribution in [3.63, 3.8) is 0 Å². The van der Waals surface area contributed by atoms with Gasteiger partial charge in [0, 0.05) is 11.4 Å². The summed E-state index contributed by atoms with van der Waals surface area (Å²) in [6.45, 7) is 1.84. The van der Waals surface area contributed by atoms with Crippen LogP contribution in [0.5, 0.6) is 5.75 Å². The molecule has 0 saturated carbocycles. The highest BCUT2D eigenvalue weighted by molar-refractivity contribution is 6.30. The first-order valence-corrected chi connectivity index (χ1v) is 4.87. The average Bonchev–Trinajstić information content (AvgIpc) is 2.19. The van der Waals surface area contributed by atoms with Gasteiger partial charge in [-0.3, -0.25) is 0 Å². The Labute approximate surface area is 90.0 Å². The van der Waals surface area contributed by atoms with Crippen molar-refractivity contribution in [2.75, 3.05) is 7.11 Å². The number of ether oxygens (including phenoxy) is 1. The van der Waals surface area contributed by atoms with Crippen molar-refractivity contribution < 1.29 is 4.74 Å². The molecule has 0 N–H and O–H groups in total. The summed E-state index contributed by atoms with van der Waals surface area (Å²) < 4.78 is 5.22. The zero-order chi connectivity index (χ0) is 10.4. The van der Waals surface area contributed by atoms with Crippen LogP contribution in [-0.2, 0) is 6.42 Å². The van der Waals surface area contributed by atoms with Crippen LogP contribution >= 0.6 is 11.6 Å². The van der Waals surface area contributed by atoms with E-state index in [-0.39, 0.29) is 0 Å². The number of methoxy groups -OCH3 is 1. The summed E-state index contributed by atoms with van der Waals surface area (Å²) in [6.07, 6.45) is 1.72. The van der Waals surface area contributed by atoms with E-state index in [9.17, 15) is 0 Å². The smallest absolute Gasteiger partial charge is 0.122 e. The molecule has 0 fully saturated rings. The Morgan fingerprint density at radius 2 is 2.21 bits per heavy atom. The molecule has 0 heterocycles. The van der Waals surface area contributed by atoms with Gasteiger partial charge in [-0.2, -0.15) is 0 Å². The molecular weight excluding hydrogens is 196 g/mol. The average molecular weight is 209 g/mol. The van der Waals surface area contributed by atoms with Gasteiger partial charge in [-0.05, 0) is 37.1 Å². The maximum atomic E-state index is 5.90. The number of halogens is 1. The summed E-state index contributed by atoms with van der Waals surface area (Å²) in [5.41, 5.74) is 1.11. The first-order valence-electron chi connectivity index (χ1n) is 4.50. The molecule has 0 atom stereocenters. The fourth-order valence-electron chi connectivity index (χ4n) is 1.26. The molecule has 14 heavy (non-hydrogen) atoms. The summed E-state index contributed by atoms with van der Waals surface area (Å²) in [7, 11) is 1.66. The summed E-state index contributed by atoms with van der Waals surface area (Å²) >= 11 is 5.90. The lowest BCUT2D eigenvalue weighted by Crippen LogP contribution is -1.91. The quantitative estimate of drug-likeness (QED) is 0.693. The molecule has 0 spiro atoms. The van der Waals surface area contributed by atoms with Crippen LogP contribution in [-0.4, -0.2) is 7.11 Å². The van der Waals surface area contributed by atoms with Crippen molar-refractivity contribution in [3.05, 3.63) is 28.8 Å². The van der Waals surface area contributed by atoms with E-state index in [2.05, 4.69) is 11.8 Å². The molecule has 0 aliphatic rings. The van der Waals surface area contributed by atoms with E-state index in [1.54, 1.807) is 7.11 Å². The lowest BCUT2D eigenvalue weighted by atomic mass is 10.1. The Balaban J connectivity index is 2.80. The monoisotopic (exact) mass is 208 g/mol. The largest absolute Gasteiger partial charge is 0.496 e. The normalized spacial score (nSPS) is 9.07. The predicted molar refractivity (Wildman–Crippen MR) is 59.8 cm³/mol. The molecule has 0 amide bonds. The van der Waals surface area contributed by atoms with E-state index in [1.807, 2.05) is 25.1 Å². The van der Waals surface area contributed by atoms with Crippen LogP contribution in [0.15, 0.2) is 18.2 Å². The minimum atomic E-state index is 0.741. The van der Waals surface area contributed by atoms with Gasteiger partial charge in [-0.25, -0.2) is 0 Å². The molecule has 1 nitrogen and oxygen atoms in total. The third-order valence-electron chi connectivity index (χ3n) is 1.94. The van der Waals surface area contributed by atoms with Gasteiger partial charge in [0.1, 0.15) is 5.75 Å². The van der Waals surface area contributed by atoms with Gasteiger partial charge in [-0.1, -0.05) is 11.6 Å². The van der Waals surface area contributed by atoms with Gasteiger partial charge in [0.05, 0.1) is 7.11 Å². The highest BCUT2D eigenvalue weighted by Crippen LogP contribution is 2.23. The van der Waals surface area contributed by atoms with Crippen LogP contribution in [0.25, 0.3) is 0 Å². The van der Waals surface area contributed by atoms with E-state index < -0.39 is 0 Å². The summed E-state index contributed by atoms with van der Waals surface area (Å²) in [6, 6.07) is 5.64. The highest BCUT2D eigenvalue weighted by Gasteiger charge is 2.02. The second-order valence-corrected chi connectivity index (χ2v) is 3.32. The highest BCUT2D eigenvalue weighted by atomic mass is 35.5. The van der Waals surface area contributed by atoms with Gasteiger partial charge < -0.3 is 4.74 Å². The number of aryl methyl sites for hydroxylation is 1. The Bertz CT molecular complexity index is 360. The molecule has 0 aliphatic carbocycles. The van der Waals surface area contributed by atoms with Crippen LogP contribution in [0.2, 0.25) is 5.02 Å². The molecule has 1 rings (SSSR count). The fourth-order valence-corrected chi connectivity index (χ4v) is 1.46. The SMILES string of the molecule is CC#CCCc1cc(Cl)ccc1OC. The van der Waals surface area contributed by atoms with Crippen LogP contribution in [0.3, 0.4) is 0 Å². The second-order valence-electron chi connectivity index (χ2n) is 2.88. The van der Waals surface area contributed by atoms with E-state index in [0.29, 0.717) is 0 Å². The van der Waals surface area contributed by atoms with Gasteiger partial charge in [0.2, 0.25) is 0 Å². The van der Waals surface area contributed by atoms with Crippen molar-refractivity contribution in [1.29, 1.82) is 0 Å². The molecular formula is C12H13ClO. The lowest BCUT2D eigenvalue weighted by molar-refractivity contribution is 0.410. The predicted octanol–water partition coefficient (Wildman–Crippen LogP) is 3.30. The third-order valence-corrected chi connectivity index (χ3v) is 2.17. The lowest BCUT2D eigenvalue weighted by Gasteiger charge is -2.06. The molecule has 1 aromatic carbocycles. The van der Waals surface area contributed by atoms with E-state index in [1.165, 1.54) is 0 Å². The Hall–Kier alpha value is -1.13. The first-order chi connectivity index (χ1) is 6.77. The Morgan fingerprint density at radius 1 is 1.43 bits per heavy atom. The van der Waals surface area contributed by atoms with Gasteiger partial charge in [0.15, 0.2) is 0 Å². The van der Waals surface area contributed by atoms with Crippen molar-refractivity contribution in [3.8, 4) is 17.6 Å². The standard InChI is InChI=1S/C12H13ClO/c1-3-4-5-6-10-9-11(13)7-8-12(10)14-2/h7-9H,5-6H2,1-2H3. The maximum absolute atomic E-state index is 5.90. The molecule has 0 unspecified atom stereocenters. The molecule has 2 heteroatoms. The van der Waals surface area contributed by atoms with Gasteiger partial charge >= 0.3 is 0 Å². The van der Waals surface area contributed by atoms with Crippen molar-refractivity contribution >= 4 is 11.6 Å². The molecule has 74 valence electrons. The molecule has 0 saturated heterocycles. The second kappa shape index (κ2) is 5.57. The molecule has 0 bridgehead atoms. The topological polar surface area (TPSA) is 9.23 Å². The zero-order valence-corrected chi connectivity index (χ0v) is 9.19. The number of hydrogen-bond acceptors (Lipinski definition) is 1. The molecule has 0 radical (unpaired) electrons. The zero-order valence-electron chi connectivity index (χ0n) is 8.43. The number of benzene rings is 1. The third kappa shape index (κ3) is 2.97. The van der Waals surface area contributed by atoms with Crippen molar-refractivity contribution in [1.82, 2.24) is 0 Å². The first kappa shape index (κ1) is 10.9. The number of rotatable bonds is 3. The van der Waals surface area contributed by atoms with E-state index in [4.69, 9.17) is 16.3 Å². The summed E-state index contributed by atoms with van der Waals surface area (Å²) in [5, 5.41) is 0.741. The van der Waals surface area contributed by atoms with Crippen LogP contribution in [0.1, 0.15) is 18.9 Å². The van der Waals surface area contributed by atoms with Gasteiger partial charge in [0.25, 0.3) is 0 Å². The van der Waals surface area contributed by atoms with Gasteiger partial charge in [-0.15, -0.1) is 11.8 Å².